The Hall–Kier alpha value is -1.19. The van der Waals surface area contributed by atoms with E-state index in [0.717, 1.165) is 4.47 Å². The van der Waals surface area contributed by atoms with Gasteiger partial charge in [-0.1, -0.05) is 27.5 Å². The van der Waals surface area contributed by atoms with Gasteiger partial charge in [-0.2, -0.15) is 0 Å². The highest BCUT2D eigenvalue weighted by Gasteiger charge is 2.12. The summed E-state index contributed by atoms with van der Waals surface area (Å²) in [7, 11) is 0. The second-order valence-corrected chi connectivity index (χ2v) is 4.52. The highest BCUT2D eigenvalue weighted by atomic mass is 79.9. The van der Waals surface area contributed by atoms with Crippen LogP contribution in [0.5, 0.6) is 0 Å². The van der Waals surface area contributed by atoms with Crippen LogP contribution in [0.25, 0.3) is 0 Å². The molecule has 0 amide bonds. The first-order valence-electron chi connectivity index (χ1n) is 4.58. The van der Waals surface area contributed by atoms with Gasteiger partial charge in [0, 0.05) is 28.0 Å². The van der Waals surface area contributed by atoms with E-state index in [-0.39, 0.29) is 5.78 Å². The Balaban J connectivity index is 2.42. The largest absolute Gasteiger partial charge is 0.288 e. The predicted octanol–water partition coefficient (Wildman–Crippen LogP) is 3.73. The van der Waals surface area contributed by atoms with E-state index < -0.39 is 0 Å². The molecule has 0 aliphatic heterocycles. The Bertz CT molecular complexity index is 528. The van der Waals surface area contributed by atoms with E-state index in [2.05, 4.69) is 20.9 Å². The fourth-order valence-corrected chi connectivity index (χ4v) is 2.09. The van der Waals surface area contributed by atoms with E-state index >= 15 is 0 Å². The van der Waals surface area contributed by atoms with Gasteiger partial charge in [-0.3, -0.25) is 9.78 Å². The molecule has 2 nitrogen and oxygen atoms in total. The zero-order valence-corrected chi connectivity index (χ0v) is 10.5. The Morgan fingerprint density at radius 1 is 1.31 bits per heavy atom. The van der Waals surface area contributed by atoms with Gasteiger partial charge in [0.25, 0.3) is 0 Å². The van der Waals surface area contributed by atoms with Crippen LogP contribution in [0.4, 0.5) is 0 Å². The van der Waals surface area contributed by atoms with Crippen molar-refractivity contribution >= 4 is 33.3 Å². The summed E-state index contributed by atoms with van der Waals surface area (Å²) in [6.07, 6.45) is 3.15. The lowest BCUT2D eigenvalue weighted by Gasteiger charge is -2.03. The highest BCUT2D eigenvalue weighted by Crippen LogP contribution is 2.23. The molecule has 0 aliphatic rings. The van der Waals surface area contributed by atoms with Crippen LogP contribution < -0.4 is 0 Å². The molecule has 2 rings (SSSR count). The Labute approximate surface area is 106 Å². The number of carbonyl (C=O) groups excluding carboxylic acids is 1. The Kier molecular flexibility index (Phi) is 3.36. The average Bonchev–Trinajstić information content (AvgIpc) is 2.29. The molecule has 0 radical (unpaired) electrons. The number of ketones is 1. The van der Waals surface area contributed by atoms with E-state index in [1.165, 1.54) is 6.20 Å². The molecule has 1 heterocycles. The molecule has 1 aromatic heterocycles. The highest BCUT2D eigenvalue weighted by molar-refractivity contribution is 9.10. The zero-order chi connectivity index (χ0) is 11.5. The van der Waals surface area contributed by atoms with Crippen LogP contribution in [0.1, 0.15) is 15.9 Å². The lowest BCUT2D eigenvalue weighted by atomic mass is 10.1. The van der Waals surface area contributed by atoms with E-state index in [0.29, 0.717) is 16.1 Å². The van der Waals surface area contributed by atoms with Crippen molar-refractivity contribution in [2.24, 2.45) is 0 Å². The molecule has 4 heteroatoms. The summed E-state index contributed by atoms with van der Waals surface area (Å²) >= 11 is 9.30. The van der Waals surface area contributed by atoms with Crippen LogP contribution in [0.3, 0.4) is 0 Å². The topological polar surface area (TPSA) is 30.0 Å². The average molecular weight is 297 g/mol. The van der Waals surface area contributed by atoms with Crippen molar-refractivity contribution in [2.75, 3.05) is 0 Å². The Morgan fingerprint density at radius 3 is 2.75 bits per heavy atom. The minimum atomic E-state index is -0.120. The Morgan fingerprint density at radius 2 is 2.12 bits per heavy atom. The van der Waals surface area contributed by atoms with Crippen LogP contribution in [0.2, 0.25) is 5.02 Å². The second-order valence-electron chi connectivity index (χ2n) is 3.19. The van der Waals surface area contributed by atoms with E-state index in [1.54, 1.807) is 36.5 Å². The number of benzene rings is 1. The van der Waals surface area contributed by atoms with Crippen molar-refractivity contribution in [3.05, 3.63) is 63.3 Å². The molecule has 0 N–H and O–H groups in total. The van der Waals surface area contributed by atoms with Gasteiger partial charge in [-0.15, -0.1) is 0 Å². The third-order valence-corrected chi connectivity index (χ3v) is 2.91. The first-order chi connectivity index (χ1) is 7.68. The smallest absolute Gasteiger partial charge is 0.196 e. The second kappa shape index (κ2) is 4.76. The molecule has 0 saturated heterocycles. The molecule has 0 atom stereocenters. The molecular formula is C12H7BrClNO. The minimum absolute atomic E-state index is 0.120. The predicted molar refractivity (Wildman–Crippen MR) is 66.8 cm³/mol. The summed E-state index contributed by atoms with van der Waals surface area (Å²) in [5.74, 6) is -0.120. The maximum absolute atomic E-state index is 12.0. The first-order valence-corrected chi connectivity index (χ1v) is 5.75. The van der Waals surface area contributed by atoms with Crippen molar-refractivity contribution in [1.29, 1.82) is 0 Å². The third-order valence-electron chi connectivity index (χ3n) is 2.10. The SMILES string of the molecule is O=C(c1cccnc1)c1ccc(Br)cc1Cl. The van der Waals surface area contributed by atoms with Gasteiger partial charge in [0.2, 0.25) is 0 Å². The summed E-state index contributed by atoms with van der Waals surface area (Å²) in [5, 5.41) is 0.434. The summed E-state index contributed by atoms with van der Waals surface area (Å²) in [4.78, 5) is 15.9. The molecule has 0 unspecified atom stereocenters. The quantitative estimate of drug-likeness (QED) is 0.790. The monoisotopic (exact) mass is 295 g/mol. The molecule has 16 heavy (non-hydrogen) atoms. The van der Waals surface area contributed by atoms with Gasteiger partial charge < -0.3 is 0 Å². The summed E-state index contributed by atoms with van der Waals surface area (Å²) in [6, 6.07) is 8.62. The van der Waals surface area contributed by atoms with Crippen LogP contribution in [0, 0.1) is 0 Å². The van der Waals surface area contributed by atoms with Gasteiger partial charge in [0.05, 0.1) is 5.02 Å². The molecule has 80 valence electrons. The standard InChI is InChI=1S/C12H7BrClNO/c13-9-3-4-10(11(14)6-9)12(16)8-2-1-5-15-7-8/h1-7H. The van der Waals surface area contributed by atoms with Gasteiger partial charge in [-0.05, 0) is 30.3 Å². The molecule has 0 fully saturated rings. The molecular weight excluding hydrogens is 289 g/mol. The van der Waals surface area contributed by atoms with Crippen LogP contribution >= 0.6 is 27.5 Å². The maximum atomic E-state index is 12.0. The number of nitrogens with zero attached hydrogens (tertiary/aromatic N) is 1. The van der Waals surface area contributed by atoms with Gasteiger partial charge >= 0.3 is 0 Å². The molecule has 1 aromatic carbocycles. The maximum Gasteiger partial charge on any atom is 0.196 e. The molecule has 0 aliphatic carbocycles. The van der Waals surface area contributed by atoms with E-state index in [4.69, 9.17) is 11.6 Å². The molecule has 0 saturated carbocycles. The van der Waals surface area contributed by atoms with Crippen LogP contribution in [-0.4, -0.2) is 10.8 Å². The number of aromatic nitrogens is 1. The number of hydrogen-bond acceptors (Lipinski definition) is 2. The zero-order valence-electron chi connectivity index (χ0n) is 8.15. The minimum Gasteiger partial charge on any atom is -0.288 e. The lowest BCUT2D eigenvalue weighted by molar-refractivity contribution is 0.103. The van der Waals surface area contributed by atoms with Crippen molar-refractivity contribution in [3.8, 4) is 0 Å². The number of carbonyl (C=O) groups is 1. The molecule has 0 bridgehead atoms. The van der Waals surface area contributed by atoms with Crippen molar-refractivity contribution in [1.82, 2.24) is 4.98 Å². The van der Waals surface area contributed by atoms with Crippen molar-refractivity contribution in [3.63, 3.8) is 0 Å². The number of pyridine rings is 1. The summed E-state index contributed by atoms with van der Waals surface area (Å²) in [6.45, 7) is 0. The third kappa shape index (κ3) is 2.31. The van der Waals surface area contributed by atoms with Gasteiger partial charge in [0.1, 0.15) is 0 Å². The lowest BCUT2D eigenvalue weighted by Crippen LogP contribution is -2.02. The van der Waals surface area contributed by atoms with Gasteiger partial charge in [0.15, 0.2) is 5.78 Å². The summed E-state index contributed by atoms with van der Waals surface area (Å²) < 4.78 is 0.847. The fraction of sp³-hybridized carbons (Fsp3) is 0. The van der Waals surface area contributed by atoms with Crippen molar-refractivity contribution < 1.29 is 4.79 Å². The molecule has 2 aromatic rings. The number of rotatable bonds is 2. The normalized spacial score (nSPS) is 10.1. The first kappa shape index (κ1) is 11.3. The number of halogens is 2. The van der Waals surface area contributed by atoms with Crippen LogP contribution in [-0.2, 0) is 0 Å². The van der Waals surface area contributed by atoms with E-state index in [9.17, 15) is 4.79 Å². The fourth-order valence-electron chi connectivity index (χ4n) is 1.33. The van der Waals surface area contributed by atoms with Gasteiger partial charge in [-0.25, -0.2) is 0 Å². The van der Waals surface area contributed by atoms with E-state index in [1.807, 2.05) is 0 Å². The van der Waals surface area contributed by atoms with Crippen LogP contribution in [0.15, 0.2) is 47.2 Å². The number of hydrogen-bond donors (Lipinski definition) is 0. The molecule has 0 spiro atoms. The van der Waals surface area contributed by atoms with Crippen molar-refractivity contribution in [2.45, 2.75) is 0 Å². The summed E-state index contributed by atoms with van der Waals surface area (Å²) in [5.41, 5.74) is 1.02.